The number of rotatable bonds is 12. The minimum Gasteiger partial charge on any atom is -0.462 e. The highest BCUT2D eigenvalue weighted by atomic mass is 32.1. The summed E-state index contributed by atoms with van der Waals surface area (Å²) in [5.74, 6) is 0.995. The summed E-state index contributed by atoms with van der Waals surface area (Å²) in [6, 6.07) is 20.6. The fourth-order valence-electron chi connectivity index (χ4n) is 6.59. The van der Waals surface area contributed by atoms with E-state index in [1.165, 1.54) is 23.6 Å². The lowest BCUT2D eigenvalue weighted by atomic mass is 10.0. The molecule has 11 nitrogen and oxygen atoms in total. The van der Waals surface area contributed by atoms with Crippen molar-refractivity contribution in [2.24, 2.45) is 10.2 Å². The van der Waals surface area contributed by atoms with Crippen LogP contribution in [0, 0.1) is 59.8 Å². The van der Waals surface area contributed by atoms with Crippen LogP contribution in [0.1, 0.15) is 50.9 Å². The number of aryl methyl sites for hydroxylation is 7. The quantitative estimate of drug-likeness (QED) is 0.0571. The topological polar surface area (TPSA) is 134 Å². The number of esters is 1. The Balaban J connectivity index is 1.49. The van der Waals surface area contributed by atoms with Gasteiger partial charge in [0, 0.05) is 24.0 Å². The standard InChI is InChI=1S/C41H41N9O2S/c1-9-35(51)52-16-12-15-49(38-29(7)19-25(3)20-30(38)8)34-21-28(6)37(39(45-34)46-36-26(4)17-24(2)18-27(36)5)47-48-40-31(22-42)23-43-50(40)41-44-32-13-10-11-14-33(32)53-41/h9-11,13-14,17-21,23H,1,12,15-16H2,2-8H3,(H,45,46)/b48-47+. The molecule has 3 heterocycles. The summed E-state index contributed by atoms with van der Waals surface area (Å²) >= 11 is 1.45. The third-order valence-electron chi connectivity index (χ3n) is 8.78. The van der Waals surface area contributed by atoms with Crippen molar-refractivity contribution in [2.45, 2.75) is 54.9 Å². The van der Waals surface area contributed by atoms with Crippen LogP contribution in [0.2, 0.25) is 0 Å². The van der Waals surface area contributed by atoms with Crippen LogP contribution in [-0.4, -0.2) is 38.9 Å². The Labute approximate surface area is 313 Å². The highest BCUT2D eigenvalue weighted by Crippen LogP contribution is 2.40. The maximum absolute atomic E-state index is 11.8. The number of carbonyl (C=O) groups is 1. The maximum Gasteiger partial charge on any atom is 0.330 e. The Kier molecular flexibility index (Phi) is 10.8. The molecule has 0 aliphatic carbocycles. The molecule has 6 aromatic rings. The van der Waals surface area contributed by atoms with Gasteiger partial charge in [-0.2, -0.15) is 15.0 Å². The predicted octanol–water partition coefficient (Wildman–Crippen LogP) is 10.3. The second-order valence-electron chi connectivity index (χ2n) is 13.1. The van der Waals surface area contributed by atoms with Crippen LogP contribution in [0.15, 0.2) is 83.7 Å². The molecular weight excluding hydrogens is 683 g/mol. The van der Waals surface area contributed by atoms with Gasteiger partial charge in [0.05, 0.1) is 23.0 Å². The fourth-order valence-corrected chi connectivity index (χ4v) is 7.52. The van der Waals surface area contributed by atoms with Gasteiger partial charge < -0.3 is 15.0 Å². The number of nitrogens with zero attached hydrogens (tertiary/aromatic N) is 8. The molecule has 0 amide bonds. The van der Waals surface area contributed by atoms with E-state index in [0.717, 1.165) is 60.5 Å². The Hall–Kier alpha value is -6.19. The molecule has 0 fully saturated rings. The lowest BCUT2D eigenvalue weighted by Gasteiger charge is -2.29. The molecule has 0 spiro atoms. The lowest BCUT2D eigenvalue weighted by molar-refractivity contribution is -0.137. The van der Waals surface area contributed by atoms with Gasteiger partial charge in [-0.1, -0.05) is 65.4 Å². The van der Waals surface area contributed by atoms with Crippen LogP contribution in [0.4, 0.5) is 34.5 Å². The van der Waals surface area contributed by atoms with Gasteiger partial charge in [-0.25, -0.2) is 14.8 Å². The molecule has 1 N–H and O–H groups in total. The lowest BCUT2D eigenvalue weighted by Crippen LogP contribution is -2.23. The number of para-hydroxylation sites is 1. The van der Waals surface area contributed by atoms with Gasteiger partial charge >= 0.3 is 5.97 Å². The molecule has 0 saturated carbocycles. The predicted molar refractivity (Wildman–Crippen MR) is 212 cm³/mol. The van der Waals surface area contributed by atoms with E-state index in [1.54, 1.807) is 4.68 Å². The van der Waals surface area contributed by atoms with E-state index in [2.05, 4.69) is 98.9 Å². The van der Waals surface area contributed by atoms with Crippen molar-refractivity contribution in [1.82, 2.24) is 19.7 Å². The number of hydrogen-bond donors (Lipinski definition) is 1. The zero-order chi connectivity index (χ0) is 37.8. The van der Waals surface area contributed by atoms with E-state index in [9.17, 15) is 10.1 Å². The van der Waals surface area contributed by atoms with Crippen LogP contribution < -0.4 is 10.2 Å². The molecule has 0 atom stereocenters. The average molecular weight is 724 g/mol. The van der Waals surface area contributed by atoms with Crippen LogP contribution in [-0.2, 0) is 9.53 Å². The number of nitrogens with one attached hydrogen (secondary N) is 1. The number of pyridine rings is 1. The van der Waals surface area contributed by atoms with Gasteiger partial charge in [-0.15, -0.1) is 10.2 Å². The van der Waals surface area contributed by atoms with Gasteiger partial charge in [0.15, 0.2) is 11.6 Å². The number of anilines is 4. The first kappa shape index (κ1) is 36.6. The number of benzene rings is 3. The van der Waals surface area contributed by atoms with Crippen molar-refractivity contribution in [3.05, 3.63) is 118 Å². The highest BCUT2D eigenvalue weighted by molar-refractivity contribution is 7.20. The smallest absolute Gasteiger partial charge is 0.330 e. The molecule has 6 rings (SSSR count). The SMILES string of the molecule is C=CC(=O)OCCCN(c1cc(C)c(/N=N/c2c(C#N)cnn2-c2nc3ccccc3s2)c(Nc2c(C)cc(C)cc2C)n1)c1c(C)cc(C)cc1C. The van der Waals surface area contributed by atoms with Gasteiger partial charge in [-0.05, 0) is 101 Å². The summed E-state index contributed by atoms with van der Waals surface area (Å²) in [5.41, 5.74) is 11.0. The van der Waals surface area contributed by atoms with Crippen molar-refractivity contribution in [3.63, 3.8) is 0 Å². The third kappa shape index (κ3) is 7.85. The van der Waals surface area contributed by atoms with E-state index in [0.29, 0.717) is 35.4 Å². The van der Waals surface area contributed by atoms with Crippen molar-refractivity contribution < 1.29 is 9.53 Å². The van der Waals surface area contributed by atoms with Gasteiger partial charge in [0.25, 0.3) is 0 Å². The van der Waals surface area contributed by atoms with Crippen molar-refractivity contribution >= 4 is 62.0 Å². The maximum atomic E-state index is 11.8. The molecule has 3 aromatic heterocycles. The molecule has 12 heteroatoms. The number of fused-ring (bicyclic) bond motifs is 1. The number of thiazole rings is 1. The first-order valence-electron chi connectivity index (χ1n) is 17.2. The summed E-state index contributed by atoms with van der Waals surface area (Å²) in [6.07, 6.45) is 3.20. The Morgan fingerprint density at radius 3 is 2.30 bits per heavy atom. The molecule has 0 saturated heterocycles. The minimum absolute atomic E-state index is 0.229. The van der Waals surface area contributed by atoms with E-state index < -0.39 is 5.97 Å². The molecule has 0 aliphatic heterocycles. The van der Waals surface area contributed by atoms with E-state index >= 15 is 0 Å². The third-order valence-corrected chi connectivity index (χ3v) is 9.79. The summed E-state index contributed by atoms with van der Waals surface area (Å²) in [7, 11) is 0. The first-order valence-corrected chi connectivity index (χ1v) is 18.1. The molecule has 0 bridgehead atoms. The van der Waals surface area contributed by atoms with E-state index in [1.807, 2.05) is 37.3 Å². The second-order valence-corrected chi connectivity index (χ2v) is 14.1. The second kappa shape index (κ2) is 15.6. The number of ether oxygens (including phenoxy) is 1. The first-order chi connectivity index (χ1) is 25.5. The summed E-state index contributed by atoms with van der Waals surface area (Å²) < 4.78 is 7.89. The number of azo groups is 1. The van der Waals surface area contributed by atoms with Gasteiger partial charge in [-0.3, -0.25) is 0 Å². The number of aromatic nitrogens is 4. The fraction of sp³-hybridized carbons (Fsp3) is 0.244. The molecule has 53 heavy (non-hydrogen) atoms. The van der Waals surface area contributed by atoms with Gasteiger partial charge in [0.2, 0.25) is 5.13 Å². The molecule has 0 aliphatic rings. The van der Waals surface area contributed by atoms with Crippen molar-refractivity contribution in [2.75, 3.05) is 23.4 Å². The zero-order valence-corrected chi connectivity index (χ0v) is 31.8. The van der Waals surface area contributed by atoms with Gasteiger partial charge in [0.1, 0.15) is 23.1 Å². The summed E-state index contributed by atoms with van der Waals surface area (Å²) in [4.78, 5) is 24.0. The van der Waals surface area contributed by atoms with Crippen LogP contribution in [0.25, 0.3) is 15.3 Å². The molecule has 3 aromatic carbocycles. The van der Waals surface area contributed by atoms with E-state index in [-0.39, 0.29) is 18.0 Å². The van der Waals surface area contributed by atoms with Crippen molar-refractivity contribution in [3.8, 4) is 11.2 Å². The summed E-state index contributed by atoms with van der Waals surface area (Å²) in [6.45, 7) is 18.7. The molecule has 0 radical (unpaired) electrons. The Bertz CT molecular complexity index is 2360. The van der Waals surface area contributed by atoms with Crippen LogP contribution in [0.3, 0.4) is 0 Å². The largest absolute Gasteiger partial charge is 0.462 e. The van der Waals surface area contributed by atoms with Crippen LogP contribution in [0.5, 0.6) is 0 Å². The minimum atomic E-state index is -0.456. The van der Waals surface area contributed by atoms with Crippen LogP contribution >= 0.6 is 11.3 Å². The monoisotopic (exact) mass is 723 g/mol. The molecular formula is C41H41N9O2S. The highest BCUT2D eigenvalue weighted by Gasteiger charge is 2.22. The normalized spacial score (nSPS) is 11.2. The molecule has 268 valence electrons. The number of hydrogen-bond acceptors (Lipinski definition) is 11. The van der Waals surface area contributed by atoms with Crippen molar-refractivity contribution in [1.29, 1.82) is 5.26 Å². The average Bonchev–Trinajstić information content (AvgIpc) is 3.73. The Morgan fingerprint density at radius 1 is 0.962 bits per heavy atom. The number of carbonyl (C=O) groups excluding carboxylic acids is 1. The molecule has 0 unspecified atom stereocenters. The Morgan fingerprint density at radius 2 is 1.64 bits per heavy atom. The number of nitriles is 1. The van der Waals surface area contributed by atoms with E-state index in [4.69, 9.17) is 19.8 Å². The summed E-state index contributed by atoms with van der Waals surface area (Å²) in [5, 5.41) is 28.1. The zero-order valence-electron chi connectivity index (χ0n) is 31.0.